The first kappa shape index (κ1) is 21.7. The summed E-state index contributed by atoms with van der Waals surface area (Å²) in [7, 11) is 0. The van der Waals surface area contributed by atoms with Crippen LogP contribution in [0, 0.1) is 6.92 Å². The molecule has 168 valence electrons. The van der Waals surface area contributed by atoms with Crippen LogP contribution in [0.3, 0.4) is 0 Å². The van der Waals surface area contributed by atoms with Crippen LogP contribution >= 0.6 is 22.9 Å². The highest BCUT2D eigenvalue weighted by atomic mass is 35.5. The molecule has 0 spiro atoms. The van der Waals surface area contributed by atoms with Gasteiger partial charge in [-0.25, -0.2) is 4.98 Å². The summed E-state index contributed by atoms with van der Waals surface area (Å²) >= 11 is 7.62. The molecule has 2 aromatic heterocycles. The van der Waals surface area contributed by atoms with E-state index >= 15 is 0 Å². The maximum absolute atomic E-state index is 13.2. The minimum Gasteiger partial charge on any atom is -0.368 e. The summed E-state index contributed by atoms with van der Waals surface area (Å²) in [5, 5.41) is 1.30. The van der Waals surface area contributed by atoms with Crippen molar-refractivity contribution in [2.75, 3.05) is 31.1 Å². The molecule has 3 heterocycles. The second-order valence-electron chi connectivity index (χ2n) is 8.13. The SMILES string of the molecule is Cc1c(-c2ccccc2)sc2ncn(CC(=O)N3CCN(c4cccc(Cl)c4)CC3)c(=O)c12. The van der Waals surface area contributed by atoms with Crippen molar-refractivity contribution in [1.29, 1.82) is 0 Å². The summed E-state index contributed by atoms with van der Waals surface area (Å²) < 4.78 is 1.43. The number of halogens is 1. The van der Waals surface area contributed by atoms with Gasteiger partial charge in [0.05, 0.1) is 11.7 Å². The van der Waals surface area contributed by atoms with Crippen LogP contribution in [0.5, 0.6) is 0 Å². The Bertz CT molecular complexity index is 1370. The summed E-state index contributed by atoms with van der Waals surface area (Å²) in [6.45, 7) is 4.60. The lowest BCUT2D eigenvalue weighted by Crippen LogP contribution is -2.50. The number of fused-ring (bicyclic) bond motifs is 1. The van der Waals surface area contributed by atoms with Crippen molar-refractivity contribution in [3.8, 4) is 10.4 Å². The topological polar surface area (TPSA) is 58.4 Å². The van der Waals surface area contributed by atoms with Crippen LogP contribution in [0.4, 0.5) is 5.69 Å². The lowest BCUT2D eigenvalue weighted by atomic mass is 10.1. The van der Waals surface area contributed by atoms with Gasteiger partial charge in [-0.05, 0) is 36.2 Å². The van der Waals surface area contributed by atoms with E-state index in [1.54, 1.807) is 0 Å². The number of benzene rings is 2. The fourth-order valence-corrected chi connectivity index (χ4v) is 5.60. The first-order chi connectivity index (χ1) is 16.0. The Labute approximate surface area is 200 Å². The molecule has 1 amide bonds. The van der Waals surface area contributed by atoms with Crippen LogP contribution in [0.15, 0.2) is 65.7 Å². The number of amides is 1. The predicted octanol–water partition coefficient (Wildman–Crippen LogP) is 4.44. The predicted molar refractivity (Wildman–Crippen MR) is 134 cm³/mol. The molecule has 0 saturated carbocycles. The third-order valence-corrected chi connectivity index (χ3v) is 7.55. The molecule has 5 rings (SSSR count). The summed E-state index contributed by atoms with van der Waals surface area (Å²) in [5.41, 5.74) is 2.87. The molecular weight excluding hydrogens is 456 g/mol. The Kier molecular flexibility index (Phi) is 5.91. The van der Waals surface area contributed by atoms with Crippen LogP contribution in [0.25, 0.3) is 20.7 Å². The average molecular weight is 479 g/mol. The Balaban J connectivity index is 1.32. The number of rotatable bonds is 4. The van der Waals surface area contributed by atoms with Gasteiger partial charge in [0.25, 0.3) is 5.56 Å². The summed E-state index contributed by atoms with van der Waals surface area (Å²) in [6.07, 6.45) is 1.50. The highest BCUT2D eigenvalue weighted by Crippen LogP contribution is 2.35. The Morgan fingerprint density at radius 1 is 1.06 bits per heavy atom. The van der Waals surface area contributed by atoms with Crippen LogP contribution in [0.1, 0.15) is 5.56 Å². The molecule has 2 aromatic carbocycles. The molecule has 0 atom stereocenters. The van der Waals surface area contributed by atoms with Gasteiger partial charge in [0, 0.05) is 41.8 Å². The van der Waals surface area contributed by atoms with E-state index in [2.05, 4.69) is 9.88 Å². The third kappa shape index (κ3) is 4.26. The van der Waals surface area contributed by atoms with E-state index in [1.807, 2.05) is 66.4 Å². The van der Waals surface area contributed by atoms with Crippen LogP contribution in [-0.4, -0.2) is 46.5 Å². The minimum absolute atomic E-state index is 0.00506. The molecule has 4 aromatic rings. The van der Waals surface area contributed by atoms with Gasteiger partial charge >= 0.3 is 0 Å². The quantitative estimate of drug-likeness (QED) is 0.435. The molecule has 0 radical (unpaired) electrons. The smallest absolute Gasteiger partial charge is 0.262 e. The van der Waals surface area contributed by atoms with Crippen molar-refractivity contribution in [2.45, 2.75) is 13.5 Å². The van der Waals surface area contributed by atoms with Gasteiger partial charge in [0.1, 0.15) is 11.4 Å². The van der Waals surface area contributed by atoms with E-state index < -0.39 is 0 Å². The van der Waals surface area contributed by atoms with Gasteiger partial charge in [-0.2, -0.15) is 0 Å². The number of nitrogens with zero attached hydrogens (tertiary/aromatic N) is 4. The molecule has 8 heteroatoms. The van der Waals surface area contributed by atoms with Gasteiger partial charge < -0.3 is 9.80 Å². The molecule has 1 aliphatic rings. The van der Waals surface area contributed by atoms with Crippen molar-refractivity contribution in [2.24, 2.45) is 0 Å². The highest BCUT2D eigenvalue weighted by molar-refractivity contribution is 7.22. The molecular formula is C25H23ClN4O2S. The van der Waals surface area contributed by atoms with Crippen molar-refractivity contribution < 1.29 is 4.79 Å². The first-order valence-electron chi connectivity index (χ1n) is 10.8. The summed E-state index contributed by atoms with van der Waals surface area (Å²) in [5.74, 6) is -0.0693. The van der Waals surface area contributed by atoms with Crippen molar-refractivity contribution in [3.63, 3.8) is 0 Å². The minimum atomic E-state index is -0.165. The standard InChI is InChI=1S/C25H23ClN4O2S/c1-17-22-24(33-23(17)18-6-3-2-4-7-18)27-16-30(25(22)32)15-21(31)29-12-10-28(11-13-29)20-9-5-8-19(26)14-20/h2-9,14,16H,10-13,15H2,1H3. The van der Waals surface area contributed by atoms with Crippen molar-refractivity contribution in [3.05, 3.63) is 81.9 Å². The number of piperazine rings is 1. The van der Waals surface area contributed by atoms with Crippen molar-refractivity contribution >= 4 is 44.7 Å². The Morgan fingerprint density at radius 3 is 2.55 bits per heavy atom. The number of carbonyl (C=O) groups is 1. The Hall–Kier alpha value is -3.16. The second-order valence-corrected chi connectivity index (χ2v) is 9.56. The molecule has 0 unspecified atom stereocenters. The maximum Gasteiger partial charge on any atom is 0.262 e. The highest BCUT2D eigenvalue weighted by Gasteiger charge is 2.23. The molecule has 33 heavy (non-hydrogen) atoms. The molecule has 1 aliphatic heterocycles. The fraction of sp³-hybridized carbons (Fsp3) is 0.240. The normalized spacial score (nSPS) is 14.1. The molecule has 1 saturated heterocycles. The monoisotopic (exact) mass is 478 g/mol. The number of aryl methyl sites for hydroxylation is 1. The van der Waals surface area contributed by atoms with Gasteiger partial charge in [-0.1, -0.05) is 48.0 Å². The second kappa shape index (κ2) is 9.00. The zero-order chi connectivity index (χ0) is 22.9. The molecule has 1 fully saturated rings. The number of hydrogen-bond acceptors (Lipinski definition) is 5. The molecule has 0 bridgehead atoms. The van der Waals surface area contributed by atoms with Gasteiger partial charge in [0.2, 0.25) is 5.91 Å². The van der Waals surface area contributed by atoms with E-state index in [0.717, 1.165) is 34.8 Å². The van der Waals surface area contributed by atoms with Crippen LogP contribution < -0.4 is 10.5 Å². The molecule has 0 N–H and O–H groups in total. The van der Waals surface area contributed by atoms with Gasteiger partial charge in [-0.15, -0.1) is 11.3 Å². The number of hydrogen-bond donors (Lipinski definition) is 0. The summed E-state index contributed by atoms with van der Waals surface area (Å²) in [4.78, 5) is 36.5. The number of carbonyl (C=O) groups excluding carboxylic acids is 1. The number of aromatic nitrogens is 2. The average Bonchev–Trinajstić information content (AvgIpc) is 3.18. The van der Waals surface area contributed by atoms with E-state index in [-0.39, 0.29) is 18.0 Å². The molecule has 6 nitrogen and oxygen atoms in total. The largest absolute Gasteiger partial charge is 0.368 e. The van der Waals surface area contributed by atoms with Gasteiger partial charge in [-0.3, -0.25) is 14.2 Å². The fourth-order valence-electron chi connectivity index (χ4n) is 4.27. The maximum atomic E-state index is 13.2. The van der Waals surface area contributed by atoms with Gasteiger partial charge in [0.15, 0.2) is 0 Å². The first-order valence-corrected chi connectivity index (χ1v) is 12.0. The third-order valence-electron chi connectivity index (χ3n) is 6.06. The zero-order valence-electron chi connectivity index (χ0n) is 18.2. The number of anilines is 1. The zero-order valence-corrected chi connectivity index (χ0v) is 19.8. The summed E-state index contributed by atoms with van der Waals surface area (Å²) in [6, 6.07) is 17.7. The van der Waals surface area contributed by atoms with Crippen LogP contribution in [0.2, 0.25) is 5.02 Å². The molecule has 0 aliphatic carbocycles. The van der Waals surface area contributed by atoms with E-state index in [1.165, 1.54) is 22.2 Å². The van der Waals surface area contributed by atoms with E-state index in [4.69, 9.17) is 11.6 Å². The number of thiophene rings is 1. The van der Waals surface area contributed by atoms with E-state index in [9.17, 15) is 9.59 Å². The lowest BCUT2D eigenvalue weighted by Gasteiger charge is -2.36. The van der Waals surface area contributed by atoms with E-state index in [0.29, 0.717) is 28.3 Å². The lowest BCUT2D eigenvalue weighted by molar-refractivity contribution is -0.132. The Morgan fingerprint density at radius 2 is 1.82 bits per heavy atom. The van der Waals surface area contributed by atoms with Crippen molar-refractivity contribution in [1.82, 2.24) is 14.5 Å². The van der Waals surface area contributed by atoms with Crippen LogP contribution in [-0.2, 0) is 11.3 Å².